The Balaban J connectivity index is 0. The molecular formula is C9H86O31Si32. The lowest BCUT2D eigenvalue weighted by Gasteiger charge is -2.44. The summed E-state index contributed by atoms with van der Waals surface area (Å²) in [7, 11) is -37.7. The zero-order chi connectivity index (χ0) is 56.4. The number of rotatable bonds is 43. The Kier molecular flexibility index (Phi) is 42.0. The fraction of sp³-hybridized carbons (Fsp3) is 1.00. The predicted molar refractivity (Wildman–Crippen MR) is 353 cm³/mol. The van der Waals surface area contributed by atoms with E-state index in [-0.39, 0.29) is 94.4 Å². The minimum absolute atomic E-state index is 0.159. The van der Waals surface area contributed by atoms with Crippen molar-refractivity contribution in [3.05, 3.63) is 0 Å². The number of hydrogen-bond donors (Lipinski definition) is 0. The molecule has 0 saturated heterocycles. The molecule has 0 aromatic rings. The second-order valence-electron chi connectivity index (χ2n) is 15.6. The molecule has 0 aliphatic carbocycles. The molecule has 0 aromatic carbocycles. The van der Waals surface area contributed by atoms with Crippen molar-refractivity contribution in [1.29, 1.82) is 0 Å². The summed E-state index contributed by atoms with van der Waals surface area (Å²) in [6.07, 6.45) is 0. The molecule has 0 N–H and O–H groups in total. The molecule has 1 unspecified atom stereocenters. The van der Waals surface area contributed by atoms with Crippen LogP contribution in [-0.2, 0) is 128 Å². The van der Waals surface area contributed by atoms with Crippen molar-refractivity contribution in [3.63, 3.8) is 0 Å². The largest absolute Gasteiger partial charge is 0.684 e. The van der Waals surface area contributed by atoms with Crippen molar-refractivity contribution in [2.45, 2.75) is 58.9 Å². The van der Waals surface area contributed by atoms with E-state index in [0.717, 1.165) is 0 Å². The molecule has 0 fully saturated rings. The quantitative estimate of drug-likeness (QED) is 0.0237. The van der Waals surface area contributed by atoms with Gasteiger partial charge in [0.15, 0.2) is 16.6 Å². The maximum absolute atomic E-state index is 6.77. The molecular weight excluding hydrogens is 1500 g/mol. The van der Waals surface area contributed by atoms with E-state index in [1.54, 1.807) is 0 Å². The van der Waals surface area contributed by atoms with Gasteiger partial charge in [-0.25, -0.2) is 9.15 Å². The van der Waals surface area contributed by atoms with Gasteiger partial charge in [-0.05, 0) is 58.9 Å². The van der Waals surface area contributed by atoms with Gasteiger partial charge in [0.05, 0.1) is 0 Å². The van der Waals surface area contributed by atoms with Crippen LogP contribution in [-0.4, -0.2) is 316 Å². The smallest absolute Gasteiger partial charge is 0.439 e. The van der Waals surface area contributed by atoms with Crippen molar-refractivity contribution in [2.24, 2.45) is 0 Å². The van der Waals surface area contributed by atoms with E-state index in [0.29, 0.717) is 94.4 Å². The topological polar surface area (TPSA) is 286 Å². The Morgan fingerprint density at radius 1 is 0.292 bits per heavy atom. The van der Waals surface area contributed by atoms with Crippen LogP contribution in [0.2, 0.25) is 58.9 Å². The van der Waals surface area contributed by atoms with Crippen LogP contribution >= 0.6 is 0 Å². The summed E-state index contributed by atoms with van der Waals surface area (Å²) in [6.45, 7) is 18.4. The maximum Gasteiger partial charge on any atom is 0.684 e. The Hall–Kier alpha value is 5.70. The average molecular weight is 1590 g/mol. The highest BCUT2D eigenvalue weighted by atomic mass is 28.6. The summed E-state index contributed by atoms with van der Waals surface area (Å²) in [5.74, 6) is 0. The van der Waals surface area contributed by atoms with E-state index in [1.165, 1.54) is 0 Å². The lowest BCUT2D eigenvalue weighted by molar-refractivity contribution is -0.224. The fourth-order valence-corrected chi connectivity index (χ4v) is 90.8. The highest BCUT2D eigenvalue weighted by Crippen LogP contribution is 2.33. The Bertz CT molecular complexity index is 1310. The van der Waals surface area contributed by atoms with E-state index in [1.807, 2.05) is 19.6 Å². The van der Waals surface area contributed by atoms with Crippen molar-refractivity contribution >= 4 is 316 Å². The molecule has 0 amide bonds. The first-order valence-electron chi connectivity index (χ1n) is 21.1. The molecule has 72 heavy (non-hydrogen) atoms. The third-order valence-corrected chi connectivity index (χ3v) is 72.1. The molecule has 1 atom stereocenters. The molecule has 0 rings (SSSR count). The summed E-state index contributed by atoms with van der Waals surface area (Å²) >= 11 is 0. The van der Waals surface area contributed by atoms with Gasteiger partial charge in [-0.15, -0.1) is 0 Å². The van der Waals surface area contributed by atoms with Gasteiger partial charge < -0.3 is 119 Å². The van der Waals surface area contributed by atoms with Gasteiger partial charge in [0, 0.05) is 0 Å². The van der Waals surface area contributed by atoms with Crippen LogP contribution in [0, 0.1) is 0 Å². The van der Waals surface area contributed by atoms with Crippen LogP contribution in [0.3, 0.4) is 0 Å². The highest BCUT2D eigenvalue weighted by molar-refractivity contribution is 6.90. The molecule has 0 spiro atoms. The lowest BCUT2D eigenvalue weighted by Crippen LogP contribution is -2.73. The first-order chi connectivity index (χ1) is 33.3. The molecule has 0 bridgehead atoms. The summed E-state index contributed by atoms with van der Waals surface area (Å²) in [5.41, 5.74) is 0. The van der Waals surface area contributed by atoms with E-state index < -0.39 is 127 Å². The van der Waals surface area contributed by atoms with E-state index in [2.05, 4.69) is 39.3 Å². The first kappa shape index (κ1) is 79.8. The lowest BCUT2D eigenvalue weighted by atomic mass is 11.8. The van der Waals surface area contributed by atoms with Crippen molar-refractivity contribution in [2.75, 3.05) is 0 Å². The molecule has 0 heterocycles. The van der Waals surface area contributed by atoms with Crippen molar-refractivity contribution < 1.29 is 128 Å². The van der Waals surface area contributed by atoms with Gasteiger partial charge in [-0.2, -0.15) is 0 Å². The minimum Gasteiger partial charge on any atom is -0.439 e. The van der Waals surface area contributed by atoms with Gasteiger partial charge in [0.2, 0.25) is 0 Å². The van der Waals surface area contributed by atoms with Crippen LogP contribution in [0.5, 0.6) is 0 Å². The maximum atomic E-state index is 6.77. The third-order valence-electron chi connectivity index (χ3n) is 8.14. The standard InChI is InChI=1S/C9H56O17Si18.H30O14Si14/c1-37(21-38(2,3)4)19-35-18-36-20-43(16-33,17-34)26-44(24-41(10-27,11-28)12-29,25-42(13-30,14-31)15-32)23-40(8,9)22-39(5,6)7;15-3-25(4-16,5-17)1-2-26(6-18,13-27(7-19,8-20)9-21)14-28(10-22,11-23)12-24/h37H,35-36H2,1-9,27-34H3;15-24H3. The zero-order valence-electron chi connectivity index (χ0n) is 47.1. The monoisotopic (exact) mass is 1590 g/mol. The van der Waals surface area contributed by atoms with E-state index >= 15 is 0 Å². The molecule has 0 radical (unpaired) electrons. The van der Waals surface area contributed by atoms with Gasteiger partial charge in [0.25, 0.3) is 29.3 Å². The van der Waals surface area contributed by atoms with Crippen LogP contribution in [0.1, 0.15) is 0 Å². The minimum atomic E-state index is -4.58. The average Bonchev–Trinajstić information content (AvgIpc) is 3.34. The SMILES string of the molecule is C[SiH](O[SiH2]O[SiH2]O[Si](O[SiH3])(O[SiH3])O[Si](O[Si](C)(C)O[Si](C)(C)C)(O[Si](O[SiH3])(O[SiH3])O[SiH3])O[Si](O[SiH3])(O[SiH3])O[SiH3])O[Si](C)(C)C.[SiH3]O[Si](O[SiH3])(O[SiH3])OO[Si](O[SiH3])(O[Si](O[SiH3])(O[SiH3])O[SiH3])O[Si](O[SiH3])(O[SiH3])O[SiH3]. The third kappa shape index (κ3) is 28.1. The van der Waals surface area contributed by atoms with Gasteiger partial charge in [0.1, 0.15) is 189 Å². The summed E-state index contributed by atoms with van der Waals surface area (Å²) < 4.78 is 182. The van der Waals surface area contributed by atoms with E-state index in [4.69, 9.17) is 128 Å². The van der Waals surface area contributed by atoms with Crippen LogP contribution in [0.4, 0.5) is 0 Å². The second kappa shape index (κ2) is 37.9. The zero-order valence-corrected chi connectivity index (χ0v) is 98.1. The molecule has 0 aromatic heterocycles. The first-order valence-corrected chi connectivity index (χ1v) is 62.9. The predicted octanol–water partition coefficient (Wildman–Crippen LogP) is -24.8. The van der Waals surface area contributed by atoms with Crippen LogP contribution in [0.15, 0.2) is 0 Å². The molecule has 436 valence electrons. The number of hydrogen-bond acceptors (Lipinski definition) is 31. The van der Waals surface area contributed by atoms with Gasteiger partial charge in [-0.1, -0.05) is 0 Å². The summed E-state index contributed by atoms with van der Waals surface area (Å²) in [5, 5.41) is 0. The van der Waals surface area contributed by atoms with Gasteiger partial charge >= 0.3 is 80.9 Å². The summed E-state index contributed by atoms with van der Waals surface area (Å²) in [4.78, 5) is 0. The second-order valence-corrected chi connectivity index (χ2v) is 77.0. The molecule has 63 heteroatoms. The molecule has 0 saturated carbocycles. The van der Waals surface area contributed by atoms with E-state index in [9.17, 15) is 0 Å². The fourth-order valence-electron chi connectivity index (χ4n) is 5.21. The molecule has 0 aliphatic heterocycles. The van der Waals surface area contributed by atoms with Gasteiger partial charge in [-0.3, -0.25) is 0 Å². The van der Waals surface area contributed by atoms with Crippen molar-refractivity contribution in [1.82, 2.24) is 0 Å². The van der Waals surface area contributed by atoms with Crippen LogP contribution in [0.25, 0.3) is 0 Å². The van der Waals surface area contributed by atoms with Crippen LogP contribution < -0.4 is 0 Å². The Morgan fingerprint density at radius 2 is 0.569 bits per heavy atom. The summed E-state index contributed by atoms with van der Waals surface area (Å²) in [6, 6.07) is 0. The Morgan fingerprint density at radius 3 is 0.847 bits per heavy atom. The molecule has 31 nitrogen and oxygen atoms in total. The highest BCUT2D eigenvalue weighted by Gasteiger charge is 2.70. The molecule has 0 aliphatic rings. The van der Waals surface area contributed by atoms with Crippen molar-refractivity contribution in [3.8, 4) is 0 Å². The Labute approximate surface area is 498 Å². The normalized spacial score (nSPS) is 21.1.